The summed E-state index contributed by atoms with van der Waals surface area (Å²) in [5, 5.41) is 0. The Labute approximate surface area is 122 Å². The molecule has 0 aliphatic heterocycles. The van der Waals surface area contributed by atoms with Gasteiger partial charge in [-0.1, -0.05) is 19.6 Å². The number of nitrogens with zero attached hydrogens (tertiary/aromatic N) is 3. The number of halogens is 3. The van der Waals surface area contributed by atoms with Crippen LogP contribution in [0.3, 0.4) is 0 Å². The zero-order valence-corrected chi connectivity index (χ0v) is 13.2. The molecule has 0 fully saturated rings. The van der Waals surface area contributed by atoms with E-state index in [2.05, 4.69) is 29.6 Å². The van der Waals surface area contributed by atoms with Crippen molar-refractivity contribution in [2.24, 2.45) is 0 Å². The van der Waals surface area contributed by atoms with Gasteiger partial charge in [-0.05, 0) is 6.04 Å². The fourth-order valence-corrected chi connectivity index (χ4v) is 2.63. The second-order valence-electron chi connectivity index (χ2n) is 6.11. The maximum absolute atomic E-state index is 13.0. The molecule has 4 nitrogen and oxygen atoms in total. The summed E-state index contributed by atoms with van der Waals surface area (Å²) in [6, 6.07) is 0.966. The van der Waals surface area contributed by atoms with Crippen LogP contribution in [0.15, 0.2) is 18.7 Å². The standard InChI is InChI=1S/C13H18F3N3OSi/c1-21(2,3)5-4-20-9-19-8-18-11-7-17-6-10(12(11)19)13(14,15)16/h6-8H,4-5,9H2,1-3H3. The van der Waals surface area contributed by atoms with Crippen molar-refractivity contribution in [3.05, 3.63) is 24.3 Å². The minimum absolute atomic E-state index is 0.0190. The number of pyridine rings is 1. The summed E-state index contributed by atoms with van der Waals surface area (Å²) in [5.41, 5.74) is -0.546. The topological polar surface area (TPSA) is 39.9 Å². The Bertz CT molecular complexity index is 619. The normalized spacial score (nSPS) is 13.0. The predicted molar refractivity (Wildman–Crippen MR) is 76.6 cm³/mol. The second-order valence-corrected chi connectivity index (χ2v) is 11.7. The number of hydrogen-bond donors (Lipinski definition) is 0. The van der Waals surface area contributed by atoms with Gasteiger partial charge in [0, 0.05) is 20.9 Å². The lowest BCUT2D eigenvalue weighted by Gasteiger charge is -2.16. The number of imidazole rings is 1. The second kappa shape index (κ2) is 5.76. The van der Waals surface area contributed by atoms with E-state index in [4.69, 9.17) is 4.74 Å². The number of alkyl halides is 3. The van der Waals surface area contributed by atoms with Crippen LogP contribution in [0.2, 0.25) is 25.7 Å². The molecule has 116 valence electrons. The monoisotopic (exact) mass is 317 g/mol. The molecule has 0 aliphatic rings. The molecule has 0 saturated carbocycles. The van der Waals surface area contributed by atoms with Gasteiger partial charge in [0.05, 0.1) is 23.6 Å². The summed E-state index contributed by atoms with van der Waals surface area (Å²) in [6.45, 7) is 7.26. The smallest absolute Gasteiger partial charge is 0.361 e. The number of rotatable bonds is 5. The van der Waals surface area contributed by atoms with Crippen molar-refractivity contribution in [2.75, 3.05) is 6.61 Å². The zero-order valence-electron chi connectivity index (χ0n) is 12.2. The van der Waals surface area contributed by atoms with Gasteiger partial charge in [-0.15, -0.1) is 0 Å². The molecular formula is C13H18F3N3OSi. The van der Waals surface area contributed by atoms with E-state index in [-0.39, 0.29) is 17.8 Å². The van der Waals surface area contributed by atoms with E-state index in [1.54, 1.807) is 0 Å². The first kappa shape index (κ1) is 16.0. The molecule has 0 saturated heterocycles. The number of hydrogen-bond acceptors (Lipinski definition) is 3. The molecule has 21 heavy (non-hydrogen) atoms. The fraction of sp³-hybridized carbons (Fsp3) is 0.538. The van der Waals surface area contributed by atoms with E-state index in [0.29, 0.717) is 6.61 Å². The number of fused-ring (bicyclic) bond motifs is 1. The Balaban J connectivity index is 2.17. The summed E-state index contributed by atoms with van der Waals surface area (Å²) in [4.78, 5) is 7.54. The van der Waals surface area contributed by atoms with Gasteiger partial charge in [-0.3, -0.25) is 4.98 Å². The first-order valence-electron chi connectivity index (χ1n) is 6.62. The number of aromatic nitrogens is 3. The molecule has 0 amide bonds. The fourth-order valence-electron chi connectivity index (χ4n) is 1.88. The average Bonchev–Trinajstić information content (AvgIpc) is 2.75. The molecule has 0 aliphatic carbocycles. The molecule has 0 unspecified atom stereocenters. The summed E-state index contributed by atoms with van der Waals surface area (Å²) in [6.07, 6.45) is -0.954. The molecule has 2 rings (SSSR count). The van der Waals surface area contributed by atoms with Gasteiger partial charge < -0.3 is 9.30 Å². The van der Waals surface area contributed by atoms with Gasteiger partial charge in [0.2, 0.25) is 0 Å². The highest BCUT2D eigenvalue weighted by molar-refractivity contribution is 6.76. The Hall–Kier alpha value is -1.41. The van der Waals surface area contributed by atoms with Crippen molar-refractivity contribution in [3.63, 3.8) is 0 Å². The van der Waals surface area contributed by atoms with Gasteiger partial charge in [0.1, 0.15) is 12.2 Å². The van der Waals surface area contributed by atoms with Gasteiger partial charge in [0.15, 0.2) is 0 Å². The van der Waals surface area contributed by atoms with Crippen molar-refractivity contribution >= 4 is 19.1 Å². The van der Waals surface area contributed by atoms with E-state index >= 15 is 0 Å². The zero-order chi connectivity index (χ0) is 15.7. The van der Waals surface area contributed by atoms with Crippen LogP contribution in [0.4, 0.5) is 13.2 Å². The summed E-state index contributed by atoms with van der Waals surface area (Å²) in [7, 11) is -1.21. The molecule has 2 aromatic heterocycles. The van der Waals surface area contributed by atoms with Gasteiger partial charge in [0.25, 0.3) is 0 Å². The Morgan fingerprint density at radius 2 is 1.95 bits per heavy atom. The summed E-state index contributed by atoms with van der Waals surface area (Å²) < 4.78 is 45.9. The Morgan fingerprint density at radius 3 is 2.57 bits per heavy atom. The molecule has 8 heteroatoms. The molecule has 0 spiro atoms. The molecule has 0 radical (unpaired) electrons. The van der Waals surface area contributed by atoms with Crippen LogP contribution in [-0.4, -0.2) is 29.2 Å². The van der Waals surface area contributed by atoms with Crippen molar-refractivity contribution < 1.29 is 17.9 Å². The Kier molecular flexibility index (Phi) is 4.38. The van der Waals surface area contributed by atoms with E-state index < -0.39 is 19.8 Å². The first-order valence-corrected chi connectivity index (χ1v) is 10.3. The van der Waals surface area contributed by atoms with Gasteiger partial charge >= 0.3 is 6.18 Å². The lowest BCUT2D eigenvalue weighted by atomic mass is 10.2. The molecule has 0 atom stereocenters. The van der Waals surface area contributed by atoms with E-state index in [1.165, 1.54) is 17.1 Å². The largest absolute Gasteiger partial charge is 0.419 e. The molecule has 0 aromatic carbocycles. The van der Waals surface area contributed by atoms with Crippen LogP contribution in [0, 0.1) is 0 Å². The van der Waals surface area contributed by atoms with Crippen LogP contribution in [-0.2, 0) is 17.6 Å². The van der Waals surface area contributed by atoms with Crippen LogP contribution in [0.5, 0.6) is 0 Å². The van der Waals surface area contributed by atoms with Crippen molar-refractivity contribution in [2.45, 2.75) is 38.6 Å². The minimum atomic E-state index is -4.46. The van der Waals surface area contributed by atoms with Gasteiger partial charge in [-0.25, -0.2) is 4.98 Å². The third-order valence-electron chi connectivity index (χ3n) is 3.05. The maximum atomic E-state index is 13.0. The average molecular weight is 317 g/mol. The molecule has 2 aromatic rings. The molecule has 2 heterocycles. The SMILES string of the molecule is C[Si](C)(C)CCOCn1cnc2cncc(C(F)(F)F)c21. The van der Waals surface area contributed by atoms with Gasteiger partial charge in [-0.2, -0.15) is 13.2 Å². The third kappa shape index (κ3) is 4.04. The van der Waals surface area contributed by atoms with E-state index in [9.17, 15) is 13.2 Å². The lowest BCUT2D eigenvalue weighted by molar-refractivity contribution is -0.136. The molecule has 0 bridgehead atoms. The molecule has 0 N–H and O–H groups in total. The van der Waals surface area contributed by atoms with Crippen LogP contribution < -0.4 is 0 Å². The van der Waals surface area contributed by atoms with Crippen LogP contribution in [0.1, 0.15) is 5.56 Å². The lowest BCUT2D eigenvalue weighted by Crippen LogP contribution is -2.22. The quantitative estimate of drug-likeness (QED) is 0.622. The summed E-state index contributed by atoms with van der Waals surface area (Å²) in [5.74, 6) is 0. The summed E-state index contributed by atoms with van der Waals surface area (Å²) >= 11 is 0. The highest BCUT2D eigenvalue weighted by Crippen LogP contribution is 2.33. The first-order chi connectivity index (χ1) is 9.68. The highest BCUT2D eigenvalue weighted by atomic mass is 28.3. The minimum Gasteiger partial charge on any atom is -0.361 e. The highest BCUT2D eigenvalue weighted by Gasteiger charge is 2.34. The number of ether oxygens (including phenoxy) is 1. The van der Waals surface area contributed by atoms with Crippen molar-refractivity contribution in [1.29, 1.82) is 0 Å². The Morgan fingerprint density at radius 1 is 1.24 bits per heavy atom. The van der Waals surface area contributed by atoms with Crippen molar-refractivity contribution in [3.8, 4) is 0 Å². The predicted octanol–water partition coefficient (Wildman–Crippen LogP) is 3.76. The maximum Gasteiger partial charge on any atom is 0.419 e. The van der Waals surface area contributed by atoms with E-state index in [1.807, 2.05) is 0 Å². The molecular weight excluding hydrogens is 299 g/mol. The van der Waals surface area contributed by atoms with E-state index in [0.717, 1.165) is 12.2 Å². The van der Waals surface area contributed by atoms with Crippen LogP contribution >= 0.6 is 0 Å². The third-order valence-corrected chi connectivity index (χ3v) is 4.76. The van der Waals surface area contributed by atoms with Crippen LogP contribution in [0.25, 0.3) is 11.0 Å². The van der Waals surface area contributed by atoms with Crippen molar-refractivity contribution in [1.82, 2.24) is 14.5 Å².